The molecule has 3 rings (SSSR count). The Morgan fingerprint density at radius 1 is 1.20 bits per heavy atom. The molecule has 2 N–H and O–H groups in total. The van der Waals surface area contributed by atoms with Crippen LogP contribution in [0.1, 0.15) is 31.0 Å². The van der Waals surface area contributed by atoms with Gasteiger partial charge < -0.3 is 10.3 Å². The fraction of sp³-hybridized carbons (Fsp3) is 0.500. The van der Waals surface area contributed by atoms with E-state index in [2.05, 4.69) is 25.1 Å². The van der Waals surface area contributed by atoms with Crippen molar-refractivity contribution in [1.29, 1.82) is 0 Å². The lowest BCUT2D eigenvalue weighted by molar-refractivity contribution is 0.308. The quantitative estimate of drug-likeness (QED) is 0.782. The molecular formula is C8H9N5O2. The molecule has 15 heavy (non-hydrogen) atoms. The first-order valence-electron chi connectivity index (χ1n) is 4.76. The van der Waals surface area contributed by atoms with Crippen LogP contribution in [0.4, 0.5) is 5.82 Å². The molecule has 1 aliphatic rings. The van der Waals surface area contributed by atoms with Gasteiger partial charge in [-0.2, -0.15) is 4.98 Å². The van der Waals surface area contributed by atoms with E-state index in [-0.39, 0.29) is 11.7 Å². The third-order valence-electron chi connectivity index (χ3n) is 2.63. The van der Waals surface area contributed by atoms with Crippen LogP contribution < -0.4 is 5.73 Å². The Balaban J connectivity index is 1.93. The van der Waals surface area contributed by atoms with Gasteiger partial charge in [0.15, 0.2) is 5.82 Å². The highest BCUT2D eigenvalue weighted by Crippen LogP contribution is 2.35. The van der Waals surface area contributed by atoms with Crippen molar-refractivity contribution in [3.05, 3.63) is 5.82 Å². The van der Waals surface area contributed by atoms with Gasteiger partial charge in [0.2, 0.25) is 11.5 Å². The van der Waals surface area contributed by atoms with E-state index in [9.17, 15) is 0 Å². The van der Waals surface area contributed by atoms with Crippen LogP contribution in [0.15, 0.2) is 9.15 Å². The van der Waals surface area contributed by atoms with Gasteiger partial charge in [0, 0.05) is 5.92 Å². The number of nitrogens with zero attached hydrogens (tertiary/aromatic N) is 4. The van der Waals surface area contributed by atoms with Crippen molar-refractivity contribution in [1.82, 2.24) is 20.5 Å². The predicted molar refractivity (Wildman–Crippen MR) is 48.6 cm³/mol. The second kappa shape index (κ2) is 3.04. The molecule has 0 radical (unpaired) electrons. The summed E-state index contributed by atoms with van der Waals surface area (Å²) in [6.07, 6.45) is 3.46. The van der Waals surface area contributed by atoms with E-state index in [4.69, 9.17) is 10.3 Å². The van der Waals surface area contributed by atoms with Crippen molar-refractivity contribution in [3.63, 3.8) is 0 Å². The topological polar surface area (TPSA) is 104 Å². The molecule has 78 valence electrons. The lowest BCUT2D eigenvalue weighted by Crippen LogP contribution is -2.10. The highest BCUT2D eigenvalue weighted by molar-refractivity contribution is 5.60. The fourth-order valence-corrected chi connectivity index (χ4v) is 1.51. The van der Waals surface area contributed by atoms with Gasteiger partial charge in [-0.1, -0.05) is 11.6 Å². The van der Waals surface area contributed by atoms with Crippen LogP contribution in [-0.4, -0.2) is 20.5 Å². The molecule has 0 spiro atoms. The van der Waals surface area contributed by atoms with Crippen molar-refractivity contribution in [2.75, 3.05) is 5.73 Å². The van der Waals surface area contributed by atoms with E-state index in [1.165, 1.54) is 6.42 Å². The van der Waals surface area contributed by atoms with Crippen LogP contribution in [0.25, 0.3) is 11.6 Å². The third kappa shape index (κ3) is 1.27. The van der Waals surface area contributed by atoms with Crippen molar-refractivity contribution in [3.8, 4) is 11.6 Å². The summed E-state index contributed by atoms with van der Waals surface area (Å²) in [6.45, 7) is 0. The smallest absolute Gasteiger partial charge is 0.284 e. The molecule has 0 aromatic carbocycles. The minimum absolute atomic E-state index is 0.166. The van der Waals surface area contributed by atoms with Crippen LogP contribution in [0, 0.1) is 0 Å². The predicted octanol–water partition coefficient (Wildman–Crippen LogP) is 0.969. The minimum atomic E-state index is 0.166. The van der Waals surface area contributed by atoms with E-state index in [1.807, 2.05) is 0 Å². The number of anilines is 1. The second-order valence-electron chi connectivity index (χ2n) is 3.58. The lowest BCUT2D eigenvalue weighted by Gasteiger charge is -2.20. The maximum absolute atomic E-state index is 5.51. The summed E-state index contributed by atoms with van der Waals surface area (Å²) in [7, 11) is 0. The lowest BCUT2D eigenvalue weighted by atomic mass is 9.85. The van der Waals surface area contributed by atoms with Crippen molar-refractivity contribution in [2.24, 2.45) is 0 Å². The number of hydrogen-bond acceptors (Lipinski definition) is 7. The van der Waals surface area contributed by atoms with Gasteiger partial charge in [0.1, 0.15) is 0 Å². The van der Waals surface area contributed by atoms with Crippen LogP contribution in [0.5, 0.6) is 0 Å². The molecular weight excluding hydrogens is 198 g/mol. The summed E-state index contributed by atoms with van der Waals surface area (Å²) in [5.41, 5.74) is 5.82. The Bertz CT molecular complexity index is 473. The van der Waals surface area contributed by atoms with Crippen molar-refractivity contribution >= 4 is 5.82 Å². The Morgan fingerprint density at radius 2 is 2.07 bits per heavy atom. The Hall–Kier alpha value is -1.92. The fourth-order valence-electron chi connectivity index (χ4n) is 1.51. The monoisotopic (exact) mass is 207 g/mol. The molecule has 0 saturated heterocycles. The highest BCUT2D eigenvalue weighted by atomic mass is 16.6. The summed E-state index contributed by atoms with van der Waals surface area (Å²) in [4.78, 5) is 4.22. The highest BCUT2D eigenvalue weighted by Gasteiger charge is 2.26. The van der Waals surface area contributed by atoms with Gasteiger partial charge in [-0.25, -0.2) is 4.63 Å². The molecule has 2 aromatic rings. The summed E-state index contributed by atoms with van der Waals surface area (Å²) in [5.74, 6) is 1.58. The van der Waals surface area contributed by atoms with Gasteiger partial charge >= 0.3 is 0 Å². The number of hydrogen-bond donors (Lipinski definition) is 1. The summed E-state index contributed by atoms with van der Waals surface area (Å²) in [6, 6.07) is 0. The zero-order chi connectivity index (χ0) is 10.3. The van der Waals surface area contributed by atoms with Crippen molar-refractivity contribution < 1.29 is 9.15 Å². The molecule has 0 atom stereocenters. The normalized spacial score (nSPS) is 16.5. The maximum Gasteiger partial charge on any atom is 0.284 e. The van der Waals surface area contributed by atoms with Crippen molar-refractivity contribution in [2.45, 2.75) is 25.2 Å². The zero-order valence-electron chi connectivity index (χ0n) is 7.88. The van der Waals surface area contributed by atoms with Crippen LogP contribution >= 0.6 is 0 Å². The third-order valence-corrected chi connectivity index (χ3v) is 2.63. The van der Waals surface area contributed by atoms with Crippen LogP contribution in [0.3, 0.4) is 0 Å². The van der Waals surface area contributed by atoms with E-state index in [1.54, 1.807) is 0 Å². The van der Waals surface area contributed by atoms with Gasteiger partial charge in [-0.3, -0.25) is 0 Å². The van der Waals surface area contributed by atoms with Crippen LogP contribution in [-0.2, 0) is 0 Å². The number of aromatic nitrogens is 4. The number of nitrogens with two attached hydrogens (primary N) is 1. The molecule has 7 heteroatoms. The molecule has 7 nitrogen and oxygen atoms in total. The van der Waals surface area contributed by atoms with Gasteiger partial charge in [0.05, 0.1) is 0 Å². The molecule has 0 bridgehead atoms. The number of nitrogen functional groups attached to an aromatic ring is 1. The average molecular weight is 207 g/mol. The number of rotatable bonds is 2. The van der Waals surface area contributed by atoms with Gasteiger partial charge in [-0.15, -0.1) is 0 Å². The van der Waals surface area contributed by atoms with Gasteiger partial charge in [-0.05, 0) is 23.2 Å². The first-order chi connectivity index (χ1) is 7.34. The molecule has 2 aromatic heterocycles. The molecule has 1 saturated carbocycles. The average Bonchev–Trinajstić information content (AvgIpc) is 2.70. The Labute approximate surface area is 84.6 Å². The molecule has 1 fully saturated rings. The van der Waals surface area contributed by atoms with E-state index >= 15 is 0 Å². The zero-order valence-corrected chi connectivity index (χ0v) is 7.88. The molecule has 0 unspecified atom stereocenters. The van der Waals surface area contributed by atoms with E-state index in [0.29, 0.717) is 11.6 Å². The minimum Gasteiger partial charge on any atom is -0.379 e. The molecule has 0 amide bonds. The summed E-state index contributed by atoms with van der Waals surface area (Å²) in [5, 5.41) is 10.9. The Kier molecular flexibility index (Phi) is 1.70. The first kappa shape index (κ1) is 8.39. The molecule has 2 heterocycles. The molecule has 1 aliphatic carbocycles. The second-order valence-corrected chi connectivity index (χ2v) is 3.58. The summed E-state index contributed by atoms with van der Waals surface area (Å²) >= 11 is 0. The first-order valence-corrected chi connectivity index (χ1v) is 4.76. The SMILES string of the molecule is Nc1nonc1-c1nc(C2CCC2)no1. The van der Waals surface area contributed by atoms with Crippen LogP contribution in [0.2, 0.25) is 0 Å². The van der Waals surface area contributed by atoms with Gasteiger partial charge in [0.25, 0.3) is 5.89 Å². The van der Waals surface area contributed by atoms with E-state index < -0.39 is 0 Å². The summed E-state index contributed by atoms with van der Waals surface area (Å²) < 4.78 is 9.50. The molecule has 0 aliphatic heterocycles. The standard InChI is InChI=1S/C8H9N5O2/c9-6-5(11-15-12-6)8-10-7(13-14-8)4-2-1-3-4/h4H,1-3H2,(H2,9,12). The van der Waals surface area contributed by atoms with E-state index in [0.717, 1.165) is 18.7 Å². The maximum atomic E-state index is 5.51. The Morgan fingerprint density at radius 3 is 2.67 bits per heavy atom. The largest absolute Gasteiger partial charge is 0.379 e.